The molecule has 0 aromatic carbocycles. The normalized spacial score (nSPS) is 30.0. The van der Waals surface area contributed by atoms with Gasteiger partial charge in [0.25, 0.3) is 0 Å². The minimum atomic E-state index is -0.891. The topological polar surface area (TPSA) is 77.8 Å². The molecule has 4 atom stereocenters. The van der Waals surface area contributed by atoms with Crippen molar-refractivity contribution in [2.75, 3.05) is 13.6 Å². The van der Waals surface area contributed by atoms with Crippen molar-refractivity contribution >= 4 is 11.9 Å². The monoisotopic (exact) mass is 243 g/mol. The van der Waals surface area contributed by atoms with Crippen molar-refractivity contribution in [3.63, 3.8) is 0 Å². The van der Waals surface area contributed by atoms with E-state index in [1.807, 2.05) is 6.92 Å². The molecule has 2 N–H and O–H groups in total. The van der Waals surface area contributed by atoms with E-state index in [0.29, 0.717) is 12.8 Å². The lowest BCUT2D eigenvalue weighted by Crippen LogP contribution is -2.40. The van der Waals surface area contributed by atoms with E-state index in [1.165, 1.54) is 4.90 Å². The van der Waals surface area contributed by atoms with E-state index in [2.05, 4.69) is 0 Å². The first kappa shape index (κ1) is 14.0. The van der Waals surface area contributed by atoms with Crippen LogP contribution < -0.4 is 0 Å². The molecule has 0 saturated heterocycles. The Bertz CT molecular complexity index is 303. The molecule has 5 heteroatoms. The molecule has 0 aliphatic heterocycles. The second kappa shape index (κ2) is 5.49. The number of carboxylic acid groups (broad SMARTS) is 1. The highest BCUT2D eigenvalue weighted by molar-refractivity contribution is 5.85. The lowest BCUT2D eigenvalue weighted by atomic mass is 9.95. The molecular formula is C12H21NO4. The average molecular weight is 243 g/mol. The van der Waals surface area contributed by atoms with E-state index >= 15 is 0 Å². The number of carboxylic acids is 1. The predicted octanol–water partition coefficient (Wildman–Crippen LogP) is 0.572. The first-order chi connectivity index (χ1) is 7.82. The zero-order valence-electron chi connectivity index (χ0n) is 10.6. The summed E-state index contributed by atoms with van der Waals surface area (Å²) in [5, 5.41) is 18.3. The maximum Gasteiger partial charge on any atom is 0.307 e. The van der Waals surface area contributed by atoms with Crippen molar-refractivity contribution in [3.05, 3.63) is 0 Å². The number of carbonyl (C=O) groups is 2. The largest absolute Gasteiger partial charge is 0.481 e. The number of aliphatic hydroxyl groups excluding tert-OH is 1. The summed E-state index contributed by atoms with van der Waals surface area (Å²) in [6.07, 6.45) is 0.597. The summed E-state index contributed by atoms with van der Waals surface area (Å²) in [6, 6.07) is 0. The van der Waals surface area contributed by atoms with Crippen LogP contribution in [0, 0.1) is 17.8 Å². The summed E-state index contributed by atoms with van der Waals surface area (Å²) in [4.78, 5) is 24.6. The molecule has 98 valence electrons. The van der Waals surface area contributed by atoms with Crippen LogP contribution in [0.3, 0.4) is 0 Å². The molecule has 1 aliphatic rings. The molecule has 1 aliphatic carbocycles. The molecule has 1 amide bonds. The van der Waals surface area contributed by atoms with Crippen molar-refractivity contribution in [2.24, 2.45) is 17.8 Å². The molecule has 4 unspecified atom stereocenters. The van der Waals surface area contributed by atoms with Gasteiger partial charge in [-0.2, -0.15) is 0 Å². The van der Waals surface area contributed by atoms with Crippen LogP contribution in [0.5, 0.6) is 0 Å². The highest BCUT2D eigenvalue weighted by Crippen LogP contribution is 2.37. The van der Waals surface area contributed by atoms with Crippen LogP contribution in [0.15, 0.2) is 0 Å². The minimum Gasteiger partial charge on any atom is -0.481 e. The van der Waals surface area contributed by atoms with Crippen molar-refractivity contribution in [3.8, 4) is 0 Å². The third kappa shape index (κ3) is 3.43. The van der Waals surface area contributed by atoms with Crippen molar-refractivity contribution in [1.29, 1.82) is 0 Å². The van der Waals surface area contributed by atoms with E-state index in [0.717, 1.165) is 0 Å². The zero-order chi connectivity index (χ0) is 13.2. The van der Waals surface area contributed by atoms with Gasteiger partial charge in [-0.1, -0.05) is 6.92 Å². The van der Waals surface area contributed by atoms with Gasteiger partial charge in [0.15, 0.2) is 0 Å². The van der Waals surface area contributed by atoms with Gasteiger partial charge in [-0.05, 0) is 25.7 Å². The van der Waals surface area contributed by atoms with Crippen LogP contribution in [0.4, 0.5) is 0 Å². The Balaban J connectivity index is 2.70. The third-order valence-electron chi connectivity index (χ3n) is 3.35. The fourth-order valence-electron chi connectivity index (χ4n) is 2.61. The molecule has 0 spiro atoms. The molecule has 5 nitrogen and oxygen atoms in total. The molecule has 0 bridgehead atoms. The standard InChI is InChI=1S/C12H21NO4/c1-7-4-9(10(5-7)12(16)17)11(15)13(3)6-8(2)14/h7-10,14H,4-6H2,1-3H3,(H,16,17). The Hall–Kier alpha value is -1.10. The first-order valence-electron chi connectivity index (χ1n) is 5.98. The summed E-state index contributed by atoms with van der Waals surface area (Å²) in [5.41, 5.74) is 0. The smallest absolute Gasteiger partial charge is 0.307 e. The Morgan fingerprint density at radius 2 is 1.88 bits per heavy atom. The molecule has 17 heavy (non-hydrogen) atoms. The van der Waals surface area contributed by atoms with E-state index in [4.69, 9.17) is 5.11 Å². The summed E-state index contributed by atoms with van der Waals surface area (Å²) >= 11 is 0. The second-order valence-electron chi connectivity index (χ2n) is 5.20. The van der Waals surface area contributed by atoms with Gasteiger partial charge in [0.05, 0.1) is 17.9 Å². The van der Waals surface area contributed by atoms with Crippen LogP contribution in [-0.4, -0.2) is 46.7 Å². The fraction of sp³-hybridized carbons (Fsp3) is 0.833. The Kier molecular flexibility index (Phi) is 4.51. The van der Waals surface area contributed by atoms with Gasteiger partial charge in [0, 0.05) is 13.6 Å². The van der Waals surface area contributed by atoms with E-state index in [-0.39, 0.29) is 18.4 Å². The molecular weight excluding hydrogens is 222 g/mol. The van der Waals surface area contributed by atoms with Crippen molar-refractivity contribution in [1.82, 2.24) is 4.90 Å². The van der Waals surface area contributed by atoms with E-state index < -0.39 is 23.9 Å². The number of rotatable bonds is 4. The lowest BCUT2D eigenvalue weighted by molar-refractivity contribution is -0.149. The quantitative estimate of drug-likeness (QED) is 0.757. The van der Waals surface area contributed by atoms with Crippen LogP contribution in [0.1, 0.15) is 26.7 Å². The van der Waals surface area contributed by atoms with Gasteiger partial charge in [0.2, 0.25) is 5.91 Å². The number of likely N-dealkylation sites (N-methyl/N-ethyl adjacent to an activating group) is 1. The van der Waals surface area contributed by atoms with Crippen molar-refractivity contribution in [2.45, 2.75) is 32.8 Å². The highest BCUT2D eigenvalue weighted by Gasteiger charge is 2.42. The summed E-state index contributed by atoms with van der Waals surface area (Å²) in [5.74, 6) is -1.80. The molecule has 1 fully saturated rings. The number of aliphatic hydroxyl groups is 1. The zero-order valence-corrected chi connectivity index (χ0v) is 10.6. The highest BCUT2D eigenvalue weighted by atomic mass is 16.4. The molecule has 0 aromatic heterocycles. The summed E-state index contributed by atoms with van der Waals surface area (Å²) < 4.78 is 0. The number of aliphatic carboxylic acids is 1. The maximum atomic E-state index is 12.1. The van der Waals surface area contributed by atoms with Gasteiger partial charge in [-0.3, -0.25) is 9.59 Å². The molecule has 0 aromatic rings. The Morgan fingerprint density at radius 3 is 2.35 bits per heavy atom. The number of hydrogen-bond donors (Lipinski definition) is 2. The lowest BCUT2D eigenvalue weighted by Gasteiger charge is -2.24. The van der Waals surface area contributed by atoms with Gasteiger partial charge in [-0.25, -0.2) is 0 Å². The first-order valence-corrected chi connectivity index (χ1v) is 5.98. The van der Waals surface area contributed by atoms with E-state index in [1.54, 1.807) is 14.0 Å². The van der Waals surface area contributed by atoms with E-state index in [9.17, 15) is 14.7 Å². The average Bonchev–Trinajstić information content (AvgIpc) is 2.58. The van der Waals surface area contributed by atoms with Crippen LogP contribution in [0.2, 0.25) is 0 Å². The van der Waals surface area contributed by atoms with Crippen molar-refractivity contribution < 1.29 is 19.8 Å². The number of hydrogen-bond acceptors (Lipinski definition) is 3. The number of carbonyl (C=O) groups excluding carboxylic acids is 1. The predicted molar refractivity (Wildman–Crippen MR) is 62.3 cm³/mol. The molecule has 0 radical (unpaired) electrons. The van der Waals surface area contributed by atoms with Gasteiger partial charge >= 0.3 is 5.97 Å². The fourth-order valence-corrected chi connectivity index (χ4v) is 2.61. The van der Waals surface area contributed by atoms with Gasteiger partial charge in [0.1, 0.15) is 0 Å². The summed E-state index contributed by atoms with van der Waals surface area (Å²) in [7, 11) is 1.61. The SMILES string of the molecule is CC(O)CN(C)C(=O)C1CC(C)CC1C(=O)O. The maximum absolute atomic E-state index is 12.1. The van der Waals surface area contributed by atoms with Crippen LogP contribution in [0.25, 0.3) is 0 Å². The Morgan fingerprint density at radius 1 is 1.35 bits per heavy atom. The number of nitrogens with zero attached hydrogens (tertiary/aromatic N) is 1. The Labute approximate surface area is 101 Å². The molecule has 1 rings (SSSR count). The van der Waals surface area contributed by atoms with Crippen LogP contribution >= 0.6 is 0 Å². The van der Waals surface area contributed by atoms with Crippen LogP contribution in [-0.2, 0) is 9.59 Å². The van der Waals surface area contributed by atoms with Gasteiger partial charge in [-0.15, -0.1) is 0 Å². The second-order valence-corrected chi connectivity index (χ2v) is 5.20. The minimum absolute atomic E-state index is 0.164. The molecule has 1 saturated carbocycles. The third-order valence-corrected chi connectivity index (χ3v) is 3.35. The molecule has 0 heterocycles. The van der Waals surface area contributed by atoms with Gasteiger partial charge < -0.3 is 15.1 Å². The summed E-state index contributed by atoms with van der Waals surface area (Å²) in [6.45, 7) is 3.82. The number of amides is 1.